The third-order valence-electron chi connectivity index (χ3n) is 5.74. The van der Waals surface area contributed by atoms with Crippen molar-refractivity contribution in [2.45, 2.75) is 52.0 Å². The lowest BCUT2D eigenvalue weighted by atomic mass is 9.88. The number of rotatable bonds is 7. The Morgan fingerprint density at radius 3 is 2.80 bits per heavy atom. The van der Waals surface area contributed by atoms with Crippen molar-refractivity contribution in [3.8, 4) is 5.75 Å². The number of hydrogen-bond acceptors (Lipinski definition) is 3. The second-order valence-corrected chi connectivity index (χ2v) is 7.85. The largest absolute Gasteiger partial charge is 0.494 e. The summed E-state index contributed by atoms with van der Waals surface area (Å²) in [7, 11) is 0. The molecule has 5 heteroatoms. The van der Waals surface area contributed by atoms with Gasteiger partial charge in [0.1, 0.15) is 11.6 Å². The average Bonchev–Trinajstić information content (AvgIpc) is 3.13. The highest BCUT2D eigenvalue weighted by Crippen LogP contribution is 2.35. The number of fused-ring (bicyclic) bond motifs is 1. The lowest BCUT2D eigenvalue weighted by Crippen LogP contribution is -2.22. The van der Waals surface area contributed by atoms with Crippen LogP contribution in [0.15, 0.2) is 54.7 Å². The van der Waals surface area contributed by atoms with Crippen LogP contribution in [-0.4, -0.2) is 22.3 Å². The molecule has 0 saturated heterocycles. The molecule has 1 aliphatic rings. The van der Waals surface area contributed by atoms with E-state index in [1.54, 1.807) is 0 Å². The molecule has 4 rings (SSSR count). The van der Waals surface area contributed by atoms with E-state index in [1.807, 2.05) is 49.0 Å². The van der Waals surface area contributed by atoms with Crippen molar-refractivity contribution in [2.75, 3.05) is 11.9 Å². The Labute approximate surface area is 178 Å². The zero-order chi connectivity index (χ0) is 20.9. The fourth-order valence-corrected chi connectivity index (χ4v) is 4.19. The highest BCUT2D eigenvalue weighted by Gasteiger charge is 2.25. The van der Waals surface area contributed by atoms with Crippen LogP contribution in [0.3, 0.4) is 0 Å². The van der Waals surface area contributed by atoms with Gasteiger partial charge in [-0.15, -0.1) is 0 Å². The van der Waals surface area contributed by atoms with E-state index in [9.17, 15) is 4.79 Å². The normalized spacial score (nSPS) is 15.5. The van der Waals surface area contributed by atoms with Crippen LogP contribution in [0.2, 0.25) is 0 Å². The fourth-order valence-electron chi connectivity index (χ4n) is 4.19. The molecule has 0 saturated carbocycles. The van der Waals surface area contributed by atoms with Crippen LogP contribution in [-0.2, 0) is 17.6 Å². The molecule has 0 spiro atoms. The maximum atomic E-state index is 12.7. The second kappa shape index (κ2) is 9.16. The van der Waals surface area contributed by atoms with E-state index in [1.165, 1.54) is 11.1 Å². The van der Waals surface area contributed by atoms with Gasteiger partial charge in [-0.25, -0.2) is 4.68 Å². The Morgan fingerprint density at radius 2 is 2.00 bits per heavy atom. The van der Waals surface area contributed by atoms with Crippen molar-refractivity contribution in [1.82, 2.24) is 9.78 Å². The molecule has 0 aliphatic heterocycles. The van der Waals surface area contributed by atoms with Crippen molar-refractivity contribution in [3.05, 3.63) is 77.0 Å². The Balaban J connectivity index is 1.44. The number of carbonyl (C=O) groups is 1. The topological polar surface area (TPSA) is 56.1 Å². The fraction of sp³-hybridized carbons (Fsp3) is 0.360. The number of ether oxygens (including phenoxy) is 1. The number of anilines is 1. The van der Waals surface area contributed by atoms with Gasteiger partial charge in [-0.3, -0.25) is 4.79 Å². The predicted molar refractivity (Wildman–Crippen MR) is 119 cm³/mol. The minimum atomic E-state index is 0.0119. The Kier molecular flexibility index (Phi) is 6.17. The number of benzene rings is 2. The van der Waals surface area contributed by atoms with Crippen LogP contribution >= 0.6 is 0 Å². The van der Waals surface area contributed by atoms with Gasteiger partial charge < -0.3 is 10.1 Å². The molecule has 2 aromatic carbocycles. The summed E-state index contributed by atoms with van der Waals surface area (Å²) < 4.78 is 7.48. The maximum absolute atomic E-state index is 12.7. The monoisotopic (exact) mass is 403 g/mol. The van der Waals surface area contributed by atoms with Gasteiger partial charge in [-0.2, -0.15) is 5.10 Å². The SMILES string of the molecule is CCOc1ccc(CCC(=O)Nc2c(C)cnn2C2CCCc3ccccc32)cc1. The Bertz CT molecular complexity index is 1010. The zero-order valence-electron chi connectivity index (χ0n) is 17.7. The molecule has 0 bridgehead atoms. The molecule has 0 fully saturated rings. The number of hydrogen-bond donors (Lipinski definition) is 1. The summed E-state index contributed by atoms with van der Waals surface area (Å²) in [4.78, 5) is 12.7. The summed E-state index contributed by atoms with van der Waals surface area (Å²) in [5, 5.41) is 7.75. The first-order chi connectivity index (χ1) is 14.7. The van der Waals surface area contributed by atoms with Gasteiger partial charge in [0.05, 0.1) is 18.8 Å². The molecule has 1 N–H and O–H groups in total. The van der Waals surface area contributed by atoms with E-state index in [0.29, 0.717) is 19.4 Å². The standard InChI is InChI=1S/C25H29N3O2/c1-3-30-21-14-11-19(12-15-21)13-16-24(29)27-25-18(2)17-26-28(25)23-10-6-8-20-7-4-5-9-22(20)23/h4-5,7,9,11-12,14-15,17,23H,3,6,8,10,13,16H2,1-2H3,(H,27,29). The van der Waals surface area contributed by atoms with Gasteiger partial charge in [0.15, 0.2) is 0 Å². The highest BCUT2D eigenvalue weighted by atomic mass is 16.5. The summed E-state index contributed by atoms with van der Waals surface area (Å²) in [6, 6.07) is 16.7. The lowest BCUT2D eigenvalue weighted by molar-refractivity contribution is -0.116. The summed E-state index contributed by atoms with van der Waals surface area (Å²) >= 11 is 0. The molecule has 156 valence electrons. The van der Waals surface area contributed by atoms with Gasteiger partial charge in [0.25, 0.3) is 0 Å². The minimum absolute atomic E-state index is 0.0119. The van der Waals surface area contributed by atoms with Crippen LogP contribution < -0.4 is 10.1 Å². The van der Waals surface area contributed by atoms with E-state index in [0.717, 1.165) is 42.0 Å². The van der Waals surface area contributed by atoms with E-state index < -0.39 is 0 Å². The first-order valence-electron chi connectivity index (χ1n) is 10.8. The van der Waals surface area contributed by atoms with Crippen LogP contribution in [0.1, 0.15) is 54.5 Å². The third kappa shape index (κ3) is 4.40. The van der Waals surface area contributed by atoms with Crippen molar-refractivity contribution < 1.29 is 9.53 Å². The number of aromatic nitrogens is 2. The van der Waals surface area contributed by atoms with Crippen LogP contribution in [0.25, 0.3) is 0 Å². The number of nitrogens with one attached hydrogen (secondary N) is 1. The molecule has 1 aromatic heterocycles. The second-order valence-electron chi connectivity index (χ2n) is 7.85. The first-order valence-corrected chi connectivity index (χ1v) is 10.8. The van der Waals surface area contributed by atoms with E-state index in [2.05, 4.69) is 34.7 Å². The van der Waals surface area contributed by atoms with Crippen LogP contribution in [0, 0.1) is 6.92 Å². The molecule has 5 nitrogen and oxygen atoms in total. The maximum Gasteiger partial charge on any atom is 0.225 e. The number of aryl methyl sites for hydroxylation is 3. The van der Waals surface area contributed by atoms with Gasteiger partial charge in [-0.05, 0) is 68.4 Å². The smallest absolute Gasteiger partial charge is 0.225 e. The van der Waals surface area contributed by atoms with E-state index in [4.69, 9.17) is 4.74 Å². The average molecular weight is 404 g/mol. The molecular weight excluding hydrogens is 374 g/mol. The molecule has 30 heavy (non-hydrogen) atoms. The summed E-state index contributed by atoms with van der Waals surface area (Å²) in [6.07, 6.45) is 6.24. The zero-order valence-corrected chi connectivity index (χ0v) is 17.7. The molecule has 1 amide bonds. The number of carbonyl (C=O) groups excluding carboxylic acids is 1. The van der Waals surface area contributed by atoms with Gasteiger partial charge in [0, 0.05) is 12.0 Å². The first kappa shape index (κ1) is 20.2. The summed E-state index contributed by atoms with van der Waals surface area (Å²) in [5.74, 6) is 1.68. The van der Waals surface area contributed by atoms with Crippen molar-refractivity contribution in [1.29, 1.82) is 0 Å². The number of amides is 1. The Hall–Kier alpha value is -3.08. The highest BCUT2D eigenvalue weighted by molar-refractivity contribution is 5.90. The van der Waals surface area contributed by atoms with Gasteiger partial charge >= 0.3 is 0 Å². The lowest BCUT2D eigenvalue weighted by Gasteiger charge is -2.27. The molecule has 3 aromatic rings. The van der Waals surface area contributed by atoms with Crippen LogP contribution in [0.5, 0.6) is 5.75 Å². The van der Waals surface area contributed by atoms with Crippen molar-refractivity contribution in [3.63, 3.8) is 0 Å². The van der Waals surface area contributed by atoms with Crippen molar-refractivity contribution in [2.24, 2.45) is 0 Å². The minimum Gasteiger partial charge on any atom is -0.494 e. The molecule has 1 aliphatic carbocycles. The number of nitrogens with zero attached hydrogens (tertiary/aromatic N) is 2. The quantitative estimate of drug-likeness (QED) is 0.598. The molecular formula is C25H29N3O2. The summed E-state index contributed by atoms with van der Waals surface area (Å²) in [5.41, 5.74) is 4.82. The van der Waals surface area contributed by atoms with Crippen molar-refractivity contribution >= 4 is 11.7 Å². The van der Waals surface area contributed by atoms with E-state index in [-0.39, 0.29) is 11.9 Å². The molecule has 1 unspecified atom stereocenters. The Morgan fingerprint density at radius 1 is 1.20 bits per heavy atom. The molecule has 1 atom stereocenters. The van der Waals surface area contributed by atoms with Crippen LogP contribution in [0.4, 0.5) is 5.82 Å². The van der Waals surface area contributed by atoms with E-state index >= 15 is 0 Å². The molecule has 0 radical (unpaired) electrons. The van der Waals surface area contributed by atoms with Gasteiger partial charge in [0.2, 0.25) is 5.91 Å². The van der Waals surface area contributed by atoms with Gasteiger partial charge in [-0.1, -0.05) is 36.4 Å². The summed E-state index contributed by atoms with van der Waals surface area (Å²) in [6.45, 7) is 4.62. The predicted octanol–water partition coefficient (Wildman–Crippen LogP) is 5.09. The molecule has 1 heterocycles. The third-order valence-corrected chi connectivity index (χ3v) is 5.74.